The Labute approximate surface area is 66.6 Å². The maximum absolute atomic E-state index is 9.55. The third kappa shape index (κ3) is 1.08. The Bertz CT molecular complexity index is 151. The van der Waals surface area contributed by atoms with E-state index in [1.54, 1.807) is 0 Å². The number of hydrogen-bond acceptors (Lipinski definition) is 3. The molecule has 2 rings (SSSR count). The standard InChI is InChI=1S/C8H15NO2/c10-5-6-1-3-9-4-2-7(11)8(6)9/h6-8,10-11H,1-5H2/t6-,7-,8-/m1/s1. The Morgan fingerprint density at radius 1 is 1.27 bits per heavy atom. The quantitative estimate of drug-likeness (QED) is 0.536. The highest BCUT2D eigenvalue weighted by atomic mass is 16.3. The summed E-state index contributed by atoms with van der Waals surface area (Å²) in [5, 5.41) is 18.5. The number of hydrogen-bond donors (Lipinski definition) is 2. The molecule has 0 amide bonds. The van der Waals surface area contributed by atoms with Gasteiger partial charge in [0.15, 0.2) is 0 Å². The van der Waals surface area contributed by atoms with E-state index in [0.717, 1.165) is 25.9 Å². The topological polar surface area (TPSA) is 43.7 Å². The molecule has 2 heterocycles. The summed E-state index contributed by atoms with van der Waals surface area (Å²) in [5.74, 6) is 0.326. The third-order valence-electron chi connectivity index (χ3n) is 3.03. The maximum Gasteiger partial charge on any atom is 0.0711 e. The number of fused-ring (bicyclic) bond motifs is 1. The van der Waals surface area contributed by atoms with Crippen LogP contribution in [0.1, 0.15) is 12.8 Å². The van der Waals surface area contributed by atoms with Gasteiger partial charge in [-0.15, -0.1) is 0 Å². The molecule has 0 aromatic rings. The second-order valence-corrected chi connectivity index (χ2v) is 3.61. The predicted molar refractivity (Wildman–Crippen MR) is 41.2 cm³/mol. The largest absolute Gasteiger partial charge is 0.396 e. The lowest BCUT2D eigenvalue weighted by molar-refractivity contribution is 0.0902. The molecule has 0 aliphatic carbocycles. The van der Waals surface area contributed by atoms with Crippen molar-refractivity contribution < 1.29 is 10.2 Å². The fourth-order valence-corrected chi connectivity index (χ4v) is 2.44. The summed E-state index contributed by atoms with van der Waals surface area (Å²) in [6.45, 7) is 2.31. The van der Waals surface area contributed by atoms with E-state index in [4.69, 9.17) is 5.11 Å². The van der Waals surface area contributed by atoms with Gasteiger partial charge in [-0.3, -0.25) is 4.90 Å². The Morgan fingerprint density at radius 3 is 2.73 bits per heavy atom. The first-order valence-corrected chi connectivity index (χ1v) is 4.36. The van der Waals surface area contributed by atoms with Gasteiger partial charge in [0.2, 0.25) is 0 Å². The molecule has 2 N–H and O–H groups in total. The molecule has 0 unspecified atom stereocenters. The van der Waals surface area contributed by atoms with Crippen LogP contribution >= 0.6 is 0 Å². The first-order chi connectivity index (χ1) is 5.33. The van der Waals surface area contributed by atoms with Crippen molar-refractivity contribution in [1.82, 2.24) is 4.90 Å². The lowest BCUT2D eigenvalue weighted by Crippen LogP contribution is -2.35. The maximum atomic E-state index is 9.55. The predicted octanol–water partition coefficient (Wildman–Crippen LogP) is -0.566. The van der Waals surface area contributed by atoms with Gasteiger partial charge in [0.25, 0.3) is 0 Å². The van der Waals surface area contributed by atoms with E-state index in [1.807, 2.05) is 0 Å². The van der Waals surface area contributed by atoms with Gasteiger partial charge >= 0.3 is 0 Å². The van der Waals surface area contributed by atoms with E-state index in [1.165, 1.54) is 0 Å². The molecule has 0 aromatic heterocycles. The zero-order valence-corrected chi connectivity index (χ0v) is 6.61. The van der Waals surface area contributed by atoms with Crippen molar-refractivity contribution in [2.75, 3.05) is 19.7 Å². The van der Waals surface area contributed by atoms with Crippen LogP contribution in [0.2, 0.25) is 0 Å². The lowest BCUT2D eigenvalue weighted by Gasteiger charge is -2.21. The van der Waals surface area contributed by atoms with E-state index >= 15 is 0 Å². The molecule has 3 atom stereocenters. The van der Waals surface area contributed by atoms with Crippen LogP contribution in [0.4, 0.5) is 0 Å². The summed E-state index contributed by atoms with van der Waals surface area (Å²) >= 11 is 0. The van der Waals surface area contributed by atoms with Crippen LogP contribution in [-0.4, -0.2) is 47.0 Å². The fourth-order valence-electron chi connectivity index (χ4n) is 2.44. The van der Waals surface area contributed by atoms with Crippen molar-refractivity contribution in [3.8, 4) is 0 Å². The minimum atomic E-state index is -0.186. The molecule has 0 aromatic carbocycles. The van der Waals surface area contributed by atoms with Crippen LogP contribution in [-0.2, 0) is 0 Å². The average molecular weight is 157 g/mol. The van der Waals surface area contributed by atoms with Gasteiger partial charge in [-0.25, -0.2) is 0 Å². The normalized spacial score (nSPS) is 44.7. The third-order valence-corrected chi connectivity index (χ3v) is 3.03. The lowest BCUT2D eigenvalue weighted by atomic mass is 9.97. The van der Waals surface area contributed by atoms with Gasteiger partial charge in [-0.05, 0) is 19.4 Å². The van der Waals surface area contributed by atoms with Crippen molar-refractivity contribution in [2.24, 2.45) is 5.92 Å². The van der Waals surface area contributed by atoms with Crippen LogP contribution < -0.4 is 0 Å². The number of rotatable bonds is 1. The Hall–Kier alpha value is -0.120. The molecular weight excluding hydrogens is 142 g/mol. The number of aliphatic hydroxyl groups excluding tert-OH is 2. The van der Waals surface area contributed by atoms with Crippen molar-refractivity contribution in [1.29, 1.82) is 0 Å². The summed E-state index contributed by atoms with van der Waals surface area (Å²) in [4.78, 5) is 2.30. The van der Waals surface area contributed by atoms with Gasteiger partial charge in [0.05, 0.1) is 6.10 Å². The Kier molecular flexibility index (Phi) is 1.87. The SMILES string of the molecule is OC[C@H]1CCN2CC[C@@H](O)[C@@H]12. The van der Waals surface area contributed by atoms with Gasteiger partial charge in [-0.2, -0.15) is 0 Å². The smallest absolute Gasteiger partial charge is 0.0711 e. The van der Waals surface area contributed by atoms with Crippen molar-refractivity contribution >= 4 is 0 Å². The molecule has 0 bridgehead atoms. The van der Waals surface area contributed by atoms with E-state index in [-0.39, 0.29) is 18.8 Å². The van der Waals surface area contributed by atoms with E-state index < -0.39 is 0 Å². The molecule has 2 saturated heterocycles. The molecule has 2 aliphatic heterocycles. The summed E-state index contributed by atoms with van der Waals surface area (Å²) in [7, 11) is 0. The molecule has 0 radical (unpaired) electrons. The molecule has 11 heavy (non-hydrogen) atoms. The summed E-state index contributed by atoms with van der Waals surface area (Å²) in [6, 6.07) is 0.264. The number of aliphatic hydroxyl groups is 2. The van der Waals surface area contributed by atoms with Gasteiger partial charge in [-0.1, -0.05) is 0 Å². The van der Waals surface area contributed by atoms with Crippen molar-refractivity contribution in [3.63, 3.8) is 0 Å². The Balaban J connectivity index is 2.07. The molecular formula is C8H15NO2. The van der Waals surface area contributed by atoms with Crippen molar-refractivity contribution in [2.45, 2.75) is 25.0 Å². The van der Waals surface area contributed by atoms with E-state index in [2.05, 4.69) is 4.90 Å². The van der Waals surface area contributed by atoms with Crippen molar-refractivity contribution in [3.05, 3.63) is 0 Å². The van der Waals surface area contributed by atoms with E-state index in [0.29, 0.717) is 5.92 Å². The molecule has 0 spiro atoms. The highest BCUT2D eigenvalue weighted by molar-refractivity contribution is 4.96. The Morgan fingerprint density at radius 2 is 2.00 bits per heavy atom. The molecule has 3 nitrogen and oxygen atoms in total. The average Bonchev–Trinajstić information content (AvgIpc) is 2.54. The zero-order chi connectivity index (χ0) is 7.84. The summed E-state index contributed by atoms with van der Waals surface area (Å²) < 4.78 is 0. The van der Waals surface area contributed by atoms with Crippen LogP contribution in [0.3, 0.4) is 0 Å². The van der Waals surface area contributed by atoms with Crippen LogP contribution in [0.15, 0.2) is 0 Å². The minimum absolute atomic E-state index is 0.186. The van der Waals surface area contributed by atoms with Gasteiger partial charge in [0, 0.05) is 25.1 Å². The fraction of sp³-hybridized carbons (Fsp3) is 1.00. The second kappa shape index (κ2) is 2.73. The molecule has 64 valence electrons. The number of nitrogens with zero attached hydrogens (tertiary/aromatic N) is 1. The first kappa shape index (κ1) is 7.53. The van der Waals surface area contributed by atoms with Gasteiger partial charge in [0.1, 0.15) is 0 Å². The van der Waals surface area contributed by atoms with Gasteiger partial charge < -0.3 is 10.2 Å². The van der Waals surface area contributed by atoms with Crippen LogP contribution in [0.5, 0.6) is 0 Å². The monoisotopic (exact) mass is 157 g/mol. The summed E-state index contributed by atoms with van der Waals surface area (Å²) in [5.41, 5.74) is 0. The molecule has 2 fully saturated rings. The first-order valence-electron chi connectivity index (χ1n) is 4.36. The molecule has 0 saturated carbocycles. The van der Waals surface area contributed by atoms with E-state index in [9.17, 15) is 5.11 Å². The van der Waals surface area contributed by atoms with Crippen LogP contribution in [0.25, 0.3) is 0 Å². The molecule has 3 heteroatoms. The highest BCUT2D eigenvalue weighted by Crippen LogP contribution is 2.32. The van der Waals surface area contributed by atoms with Crippen LogP contribution in [0, 0.1) is 5.92 Å². The highest BCUT2D eigenvalue weighted by Gasteiger charge is 2.42. The molecule has 2 aliphatic rings. The second-order valence-electron chi connectivity index (χ2n) is 3.61. The summed E-state index contributed by atoms with van der Waals surface area (Å²) in [6.07, 6.45) is 1.76. The zero-order valence-electron chi connectivity index (χ0n) is 6.61. The minimum Gasteiger partial charge on any atom is -0.396 e.